The van der Waals surface area contributed by atoms with Crippen molar-refractivity contribution < 1.29 is 4.52 Å². The van der Waals surface area contributed by atoms with Crippen LogP contribution in [0.4, 0.5) is 0 Å². The van der Waals surface area contributed by atoms with Crippen molar-refractivity contribution in [2.45, 2.75) is 40.3 Å². The van der Waals surface area contributed by atoms with Crippen LogP contribution in [0, 0.1) is 13.8 Å². The zero-order valence-corrected chi connectivity index (χ0v) is 11.4. The van der Waals surface area contributed by atoms with Crippen molar-refractivity contribution in [3.05, 3.63) is 41.0 Å². The maximum absolute atomic E-state index is 5.20. The van der Waals surface area contributed by atoms with Crippen LogP contribution in [0.25, 0.3) is 0 Å². The molecule has 4 heteroatoms. The maximum atomic E-state index is 5.20. The van der Waals surface area contributed by atoms with Crippen molar-refractivity contribution >= 4 is 0 Å². The first-order chi connectivity index (χ1) is 8.72. The van der Waals surface area contributed by atoms with Gasteiger partial charge in [0.1, 0.15) is 5.76 Å². The molecule has 18 heavy (non-hydrogen) atoms. The quantitative estimate of drug-likeness (QED) is 0.798. The van der Waals surface area contributed by atoms with E-state index in [2.05, 4.69) is 40.3 Å². The Hall–Kier alpha value is -1.55. The average Bonchev–Trinajstić information content (AvgIpc) is 2.92. The largest absolute Gasteiger partial charge is 0.361 e. The Morgan fingerprint density at radius 3 is 2.89 bits per heavy atom. The fourth-order valence-corrected chi connectivity index (χ4v) is 2.06. The zero-order valence-electron chi connectivity index (χ0n) is 11.4. The van der Waals surface area contributed by atoms with Gasteiger partial charge in [0.15, 0.2) is 0 Å². The predicted molar refractivity (Wildman–Crippen MR) is 71.5 cm³/mol. The Labute approximate surface area is 108 Å². The summed E-state index contributed by atoms with van der Waals surface area (Å²) in [6, 6.07) is 4.24. The summed E-state index contributed by atoms with van der Waals surface area (Å²) in [5, 5.41) is 7.42. The van der Waals surface area contributed by atoms with Gasteiger partial charge in [-0.05, 0) is 38.9 Å². The second kappa shape index (κ2) is 5.87. The summed E-state index contributed by atoms with van der Waals surface area (Å²) in [7, 11) is 0. The topological polar surface area (TPSA) is 43.0 Å². The monoisotopic (exact) mass is 247 g/mol. The number of aromatic nitrogens is 2. The molecule has 0 amide bonds. The molecule has 0 bridgehead atoms. The highest BCUT2D eigenvalue weighted by Gasteiger charge is 2.10. The molecular formula is C14H21N3O. The fourth-order valence-electron chi connectivity index (χ4n) is 2.06. The van der Waals surface area contributed by atoms with Crippen LogP contribution < -0.4 is 5.32 Å². The number of hydrogen-bond donors (Lipinski definition) is 1. The van der Waals surface area contributed by atoms with Gasteiger partial charge in [0.05, 0.1) is 12.2 Å². The van der Waals surface area contributed by atoms with E-state index in [1.54, 1.807) is 0 Å². The summed E-state index contributed by atoms with van der Waals surface area (Å²) >= 11 is 0. The van der Waals surface area contributed by atoms with Gasteiger partial charge in [-0.3, -0.25) is 0 Å². The van der Waals surface area contributed by atoms with Crippen LogP contribution >= 0.6 is 0 Å². The van der Waals surface area contributed by atoms with Crippen LogP contribution in [-0.2, 0) is 13.1 Å². The third-order valence-electron chi connectivity index (χ3n) is 3.17. The molecule has 2 aromatic rings. The van der Waals surface area contributed by atoms with Crippen molar-refractivity contribution in [2.75, 3.05) is 6.54 Å². The lowest BCUT2D eigenvalue weighted by Gasteiger charge is -2.09. The highest BCUT2D eigenvalue weighted by molar-refractivity contribution is 5.22. The molecule has 0 saturated carbocycles. The number of aryl methyl sites for hydroxylation is 2. The SMILES string of the molecule is CCCNCc1cccn1Cc1c(C)noc1C. The lowest BCUT2D eigenvalue weighted by atomic mass is 10.2. The molecule has 2 heterocycles. The molecule has 0 aliphatic rings. The van der Waals surface area contributed by atoms with Gasteiger partial charge >= 0.3 is 0 Å². The van der Waals surface area contributed by atoms with Crippen molar-refractivity contribution in [2.24, 2.45) is 0 Å². The summed E-state index contributed by atoms with van der Waals surface area (Å²) in [6.45, 7) is 8.92. The third-order valence-corrected chi connectivity index (χ3v) is 3.17. The Bertz CT molecular complexity index is 479. The fraction of sp³-hybridized carbons (Fsp3) is 0.500. The number of hydrogen-bond acceptors (Lipinski definition) is 3. The van der Waals surface area contributed by atoms with E-state index < -0.39 is 0 Å². The minimum absolute atomic E-state index is 0.831. The second-order valence-corrected chi connectivity index (χ2v) is 4.61. The summed E-state index contributed by atoms with van der Waals surface area (Å²) < 4.78 is 7.45. The normalized spacial score (nSPS) is 11.1. The molecule has 0 atom stereocenters. The zero-order chi connectivity index (χ0) is 13.0. The van der Waals surface area contributed by atoms with Crippen LogP contribution in [0.1, 0.15) is 36.1 Å². The Morgan fingerprint density at radius 2 is 2.22 bits per heavy atom. The van der Waals surface area contributed by atoms with Gasteiger partial charge in [-0.15, -0.1) is 0 Å². The summed E-state index contributed by atoms with van der Waals surface area (Å²) in [4.78, 5) is 0. The van der Waals surface area contributed by atoms with Gasteiger partial charge < -0.3 is 14.4 Å². The van der Waals surface area contributed by atoms with Gasteiger partial charge in [-0.2, -0.15) is 0 Å². The van der Waals surface area contributed by atoms with Gasteiger partial charge in [-0.25, -0.2) is 0 Å². The van der Waals surface area contributed by atoms with Crippen molar-refractivity contribution in [3.63, 3.8) is 0 Å². The van der Waals surface area contributed by atoms with E-state index in [1.807, 2.05) is 13.8 Å². The van der Waals surface area contributed by atoms with Crippen LogP contribution in [0.3, 0.4) is 0 Å². The van der Waals surface area contributed by atoms with E-state index >= 15 is 0 Å². The lowest BCUT2D eigenvalue weighted by Crippen LogP contribution is -2.17. The predicted octanol–water partition coefficient (Wildman–Crippen LogP) is 2.64. The van der Waals surface area contributed by atoms with Gasteiger partial charge in [0.25, 0.3) is 0 Å². The molecule has 0 aliphatic carbocycles. The molecule has 0 spiro atoms. The van der Waals surface area contributed by atoms with Crippen LogP contribution in [0.15, 0.2) is 22.9 Å². The molecule has 0 saturated heterocycles. The van der Waals surface area contributed by atoms with Crippen molar-refractivity contribution in [1.82, 2.24) is 15.0 Å². The Balaban J connectivity index is 2.08. The third kappa shape index (κ3) is 2.82. The van der Waals surface area contributed by atoms with E-state index in [4.69, 9.17) is 4.52 Å². The minimum atomic E-state index is 0.831. The molecule has 4 nitrogen and oxygen atoms in total. The summed E-state index contributed by atoms with van der Waals surface area (Å²) in [6.07, 6.45) is 3.26. The highest BCUT2D eigenvalue weighted by Crippen LogP contribution is 2.15. The van der Waals surface area contributed by atoms with Crippen LogP contribution in [0.2, 0.25) is 0 Å². The molecule has 1 N–H and O–H groups in total. The van der Waals surface area contributed by atoms with Gasteiger partial charge in [0, 0.05) is 24.0 Å². The second-order valence-electron chi connectivity index (χ2n) is 4.61. The Kier molecular flexibility index (Phi) is 4.20. The molecular weight excluding hydrogens is 226 g/mol. The number of nitrogens with one attached hydrogen (secondary N) is 1. The van der Waals surface area contributed by atoms with Gasteiger partial charge in [-0.1, -0.05) is 12.1 Å². The average molecular weight is 247 g/mol. The van der Waals surface area contributed by atoms with Crippen LogP contribution in [0.5, 0.6) is 0 Å². The molecule has 0 unspecified atom stereocenters. The first-order valence-electron chi connectivity index (χ1n) is 6.49. The Morgan fingerprint density at radius 1 is 1.39 bits per heavy atom. The summed E-state index contributed by atoms with van der Waals surface area (Å²) in [5.74, 6) is 0.911. The maximum Gasteiger partial charge on any atom is 0.138 e. The molecule has 0 aromatic carbocycles. The molecule has 0 radical (unpaired) electrons. The van der Waals surface area contributed by atoms with E-state index in [1.165, 1.54) is 11.3 Å². The minimum Gasteiger partial charge on any atom is -0.361 e. The number of nitrogens with zero attached hydrogens (tertiary/aromatic N) is 2. The smallest absolute Gasteiger partial charge is 0.138 e. The summed E-state index contributed by atoms with van der Waals surface area (Å²) in [5.41, 5.74) is 3.46. The van der Waals surface area contributed by atoms with Crippen molar-refractivity contribution in [3.8, 4) is 0 Å². The van der Waals surface area contributed by atoms with Crippen LogP contribution in [-0.4, -0.2) is 16.3 Å². The molecule has 2 rings (SSSR count). The first-order valence-corrected chi connectivity index (χ1v) is 6.49. The molecule has 0 aliphatic heterocycles. The number of rotatable bonds is 6. The standard InChI is InChI=1S/C14H21N3O/c1-4-7-15-9-13-6-5-8-17(13)10-14-11(2)16-18-12(14)3/h5-6,8,15H,4,7,9-10H2,1-3H3. The lowest BCUT2D eigenvalue weighted by molar-refractivity contribution is 0.392. The van der Waals surface area contributed by atoms with Crippen molar-refractivity contribution in [1.29, 1.82) is 0 Å². The van der Waals surface area contributed by atoms with E-state index in [0.29, 0.717) is 0 Å². The molecule has 98 valence electrons. The molecule has 0 fully saturated rings. The van der Waals surface area contributed by atoms with E-state index in [-0.39, 0.29) is 0 Å². The van der Waals surface area contributed by atoms with E-state index in [9.17, 15) is 0 Å². The first kappa shape index (κ1) is 12.9. The highest BCUT2D eigenvalue weighted by atomic mass is 16.5. The van der Waals surface area contributed by atoms with E-state index in [0.717, 1.165) is 37.5 Å². The molecule has 2 aromatic heterocycles. The van der Waals surface area contributed by atoms with Gasteiger partial charge in [0.2, 0.25) is 0 Å².